The van der Waals surface area contributed by atoms with E-state index >= 15 is 0 Å². The SMILES string of the molecule is CC1(CNC(=O)N(CCc2ccccc2)C(=O)C2(NC(=O)c3ccc4cc(Br)ccc4c3)CCCC2)CCN(CC2(C)CCOCC2)CC1. The van der Waals surface area contributed by atoms with E-state index in [2.05, 4.69) is 45.3 Å². The van der Waals surface area contributed by atoms with Crippen LogP contribution in [-0.4, -0.2) is 79.1 Å². The van der Waals surface area contributed by atoms with Crippen LogP contribution in [0, 0.1) is 10.8 Å². The number of imide groups is 1. The van der Waals surface area contributed by atoms with Crippen LogP contribution in [0.5, 0.6) is 0 Å². The van der Waals surface area contributed by atoms with Gasteiger partial charge in [-0.3, -0.25) is 14.5 Å². The highest BCUT2D eigenvalue weighted by Crippen LogP contribution is 2.36. The van der Waals surface area contributed by atoms with E-state index < -0.39 is 5.54 Å². The lowest BCUT2D eigenvalue weighted by molar-refractivity contribution is -0.134. The molecule has 49 heavy (non-hydrogen) atoms. The van der Waals surface area contributed by atoms with Gasteiger partial charge in [-0.2, -0.15) is 0 Å². The van der Waals surface area contributed by atoms with E-state index in [4.69, 9.17) is 4.74 Å². The molecule has 1 saturated carbocycles. The van der Waals surface area contributed by atoms with Crippen molar-refractivity contribution in [2.24, 2.45) is 10.8 Å². The maximum absolute atomic E-state index is 14.6. The van der Waals surface area contributed by atoms with Crippen LogP contribution in [0.4, 0.5) is 4.79 Å². The van der Waals surface area contributed by atoms with Crippen molar-refractivity contribution in [1.82, 2.24) is 20.4 Å². The van der Waals surface area contributed by atoms with Gasteiger partial charge in [-0.15, -0.1) is 0 Å². The number of nitrogens with one attached hydrogen (secondary N) is 2. The first-order chi connectivity index (χ1) is 23.6. The molecular formula is C40H51BrN4O4. The number of fused-ring (bicyclic) bond motifs is 1. The van der Waals surface area contributed by atoms with E-state index in [-0.39, 0.29) is 29.8 Å². The third-order valence-electron chi connectivity index (χ3n) is 11.3. The lowest BCUT2D eigenvalue weighted by atomic mass is 9.78. The van der Waals surface area contributed by atoms with Gasteiger partial charge < -0.3 is 20.3 Å². The number of piperidine rings is 1. The highest BCUT2D eigenvalue weighted by molar-refractivity contribution is 9.10. The predicted octanol–water partition coefficient (Wildman–Crippen LogP) is 7.34. The fourth-order valence-corrected chi connectivity index (χ4v) is 8.21. The van der Waals surface area contributed by atoms with Crippen LogP contribution >= 0.6 is 15.9 Å². The van der Waals surface area contributed by atoms with E-state index in [9.17, 15) is 14.4 Å². The normalized spacial score (nSPS) is 20.1. The summed E-state index contributed by atoms with van der Waals surface area (Å²) in [4.78, 5) is 46.3. The Hall–Kier alpha value is -3.27. The minimum absolute atomic E-state index is 0.0537. The van der Waals surface area contributed by atoms with Crippen molar-refractivity contribution in [3.8, 4) is 0 Å². The average Bonchev–Trinajstić information content (AvgIpc) is 3.58. The lowest BCUT2D eigenvalue weighted by Gasteiger charge is -2.44. The summed E-state index contributed by atoms with van der Waals surface area (Å²) in [5, 5.41) is 8.29. The molecule has 1 aliphatic carbocycles. The summed E-state index contributed by atoms with van der Waals surface area (Å²) in [7, 11) is 0. The Morgan fingerprint density at radius 3 is 2.22 bits per heavy atom. The Kier molecular flexibility index (Phi) is 11.1. The number of likely N-dealkylation sites (tertiary alicyclic amines) is 1. The molecular weight excluding hydrogens is 680 g/mol. The molecule has 2 heterocycles. The number of nitrogens with zero attached hydrogens (tertiary/aromatic N) is 2. The third kappa shape index (κ3) is 8.73. The van der Waals surface area contributed by atoms with Gasteiger partial charge >= 0.3 is 6.03 Å². The highest BCUT2D eigenvalue weighted by Gasteiger charge is 2.47. The number of carbonyl (C=O) groups is 3. The summed E-state index contributed by atoms with van der Waals surface area (Å²) < 4.78 is 6.58. The Balaban J connectivity index is 1.14. The first-order valence-electron chi connectivity index (χ1n) is 18.0. The molecule has 0 radical (unpaired) electrons. The maximum atomic E-state index is 14.6. The van der Waals surface area contributed by atoms with Gasteiger partial charge in [-0.05, 0) is 109 Å². The first-order valence-corrected chi connectivity index (χ1v) is 18.8. The van der Waals surface area contributed by atoms with Gasteiger partial charge in [-0.1, -0.05) is 85.1 Å². The number of halogens is 1. The standard InChI is InChI=1S/C40H51BrN4O4/c1-38(17-22-44(23-18-38)29-39(2)19-24-49-25-20-39)28-42-37(48)45(21-14-30-8-4-3-5-9-30)36(47)40(15-6-7-16-40)43-35(46)33-11-10-32-27-34(41)13-12-31(32)26-33/h3-5,8-13,26-27H,6-7,14-25,28-29H2,1-2H3,(H,42,48)(H,43,46). The highest BCUT2D eigenvalue weighted by atomic mass is 79.9. The van der Waals surface area contributed by atoms with Crippen LogP contribution in [-0.2, 0) is 16.0 Å². The Labute approximate surface area is 299 Å². The molecule has 262 valence electrons. The number of benzene rings is 3. The third-order valence-corrected chi connectivity index (χ3v) is 11.8. The number of ether oxygens (including phenoxy) is 1. The molecule has 6 rings (SSSR count). The van der Waals surface area contributed by atoms with E-state index in [1.807, 2.05) is 60.7 Å². The maximum Gasteiger partial charge on any atom is 0.324 e. The van der Waals surface area contributed by atoms with Crippen molar-refractivity contribution < 1.29 is 19.1 Å². The largest absolute Gasteiger partial charge is 0.381 e. The van der Waals surface area contributed by atoms with Gasteiger partial charge in [0.15, 0.2) is 0 Å². The zero-order valence-corrected chi connectivity index (χ0v) is 30.7. The van der Waals surface area contributed by atoms with Gasteiger partial charge in [0.1, 0.15) is 5.54 Å². The second-order valence-electron chi connectivity index (χ2n) is 15.3. The Morgan fingerprint density at radius 2 is 1.51 bits per heavy atom. The number of carbonyl (C=O) groups excluding carboxylic acids is 3. The smallest absolute Gasteiger partial charge is 0.324 e. The van der Waals surface area contributed by atoms with Crippen LogP contribution in [0.1, 0.15) is 81.1 Å². The molecule has 0 aromatic heterocycles. The Morgan fingerprint density at radius 1 is 0.837 bits per heavy atom. The molecule has 8 nitrogen and oxygen atoms in total. The summed E-state index contributed by atoms with van der Waals surface area (Å²) in [6.45, 7) is 10.2. The summed E-state index contributed by atoms with van der Waals surface area (Å²) >= 11 is 3.51. The summed E-state index contributed by atoms with van der Waals surface area (Å²) in [6, 6.07) is 21.1. The number of amides is 4. The van der Waals surface area contributed by atoms with Crippen LogP contribution in [0.15, 0.2) is 71.2 Å². The number of hydrogen-bond donors (Lipinski definition) is 2. The number of urea groups is 1. The van der Waals surface area contributed by atoms with Crippen LogP contribution in [0.3, 0.4) is 0 Å². The molecule has 4 amide bonds. The van der Waals surface area contributed by atoms with Gasteiger partial charge in [0.2, 0.25) is 0 Å². The van der Waals surface area contributed by atoms with Crippen molar-refractivity contribution in [1.29, 1.82) is 0 Å². The van der Waals surface area contributed by atoms with Gasteiger partial charge in [0.25, 0.3) is 11.8 Å². The van der Waals surface area contributed by atoms with Crippen LogP contribution in [0.2, 0.25) is 0 Å². The number of hydrogen-bond acceptors (Lipinski definition) is 5. The van der Waals surface area contributed by atoms with Crippen LogP contribution < -0.4 is 10.6 Å². The minimum atomic E-state index is -1.13. The predicted molar refractivity (Wildman–Crippen MR) is 198 cm³/mol. The van der Waals surface area contributed by atoms with Gasteiger partial charge in [-0.25, -0.2) is 4.79 Å². The molecule has 3 aromatic carbocycles. The first kappa shape index (κ1) is 35.6. The van der Waals surface area contributed by atoms with Crippen molar-refractivity contribution in [2.45, 2.75) is 77.2 Å². The molecule has 3 aliphatic rings. The monoisotopic (exact) mass is 730 g/mol. The summed E-state index contributed by atoms with van der Waals surface area (Å²) in [6.07, 6.45) is 7.36. The fraction of sp³-hybridized carbons (Fsp3) is 0.525. The molecule has 2 N–H and O–H groups in total. The van der Waals surface area contributed by atoms with Gasteiger partial charge in [0, 0.05) is 42.9 Å². The van der Waals surface area contributed by atoms with Crippen molar-refractivity contribution >= 4 is 44.5 Å². The zero-order valence-electron chi connectivity index (χ0n) is 29.1. The fourth-order valence-electron chi connectivity index (χ4n) is 7.83. The van der Waals surface area contributed by atoms with Crippen molar-refractivity contribution in [3.63, 3.8) is 0 Å². The quantitative estimate of drug-likeness (QED) is 0.228. The summed E-state index contributed by atoms with van der Waals surface area (Å²) in [5.41, 5.74) is 0.672. The molecule has 0 unspecified atom stereocenters. The van der Waals surface area contributed by atoms with E-state index in [0.29, 0.717) is 36.8 Å². The van der Waals surface area contributed by atoms with Crippen molar-refractivity contribution in [3.05, 3.63) is 82.3 Å². The second kappa shape index (κ2) is 15.3. The lowest BCUT2D eigenvalue weighted by Crippen LogP contribution is -2.61. The average molecular weight is 732 g/mol. The second-order valence-corrected chi connectivity index (χ2v) is 16.2. The molecule has 0 spiro atoms. The van der Waals surface area contributed by atoms with Crippen LogP contribution in [0.25, 0.3) is 10.8 Å². The molecule has 2 saturated heterocycles. The zero-order chi connectivity index (χ0) is 34.5. The Bertz CT molecular complexity index is 1630. The molecule has 9 heteroatoms. The molecule has 3 fully saturated rings. The molecule has 0 bridgehead atoms. The molecule has 2 aliphatic heterocycles. The number of rotatable bonds is 10. The minimum Gasteiger partial charge on any atom is -0.381 e. The van der Waals surface area contributed by atoms with E-state index in [1.165, 1.54) is 4.90 Å². The topological polar surface area (TPSA) is 91.0 Å². The molecule has 3 aromatic rings. The summed E-state index contributed by atoms with van der Waals surface area (Å²) in [5.74, 6) is -0.612. The van der Waals surface area contributed by atoms with Crippen molar-refractivity contribution in [2.75, 3.05) is 45.9 Å². The van der Waals surface area contributed by atoms with E-state index in [0.717, 1.165) is 92.2 Å². The van der Waals surface area contributed by atoms with Gasteiger partial charge in [0.05, 0.1) is 0 Å². The molecule has 0 atom stereocenters. The van der Waals surface area contributed by atoms with E-state index in [1.54, 1.807) is 6.07 Å².